The highest BCUT2D eigenvalue weighted by atomic mass is 16.5. The maximum Gasteiger partial charge on any atom is 0.0500 e. The standard InChI is InChI=1S/C11H25NO/c1-9(2)12(10(3)4)7-11(5)8-13-6/h9-11H,7-8H2,1-6H3/t11-/m0/s1. The Morgan fingerprint density at radius 3 is 1.77 bits per heavy atom. The fraction of sp³-hybridized carbons (Fsp3) is 1.00. The van der Waals surface area contributed by atoms with Crippen molar-refractivity contribution in [1.29, 1.82) is 0 Å². The van der Waals surface area contributed by atoms with E-state index in [-0.39, 0.29) is 0 Å². The van der Waals surface area contributed by atoms with Crippen LogP contribution in [0.4, 0.5) is 0 Å². The Balaban J connectivity index is 3.94. The number of ether oxygens (including phenoxy) is 1. The lowest BCUT2D eigenvalue weighted by Crippen LogP contribution is -2.40. The Morgan fingerprint density at radius 2 is 1.46 bits per heavy atom. The van der Waals surface area contributed by atoms with Crippen molar-refractivity contribution in [2.24, 2.45) is 5.92 Å². The zero-order chi connectivity index (χ0) is 10.4. The third-order valence-corrected chi connectivity index (χ3v) is 2.30. The topological polar surface area (TPSA) is 12.5 Å². The van der Waals surface area contributed by atoms with Gasteiger partial charge >= 0.3 is 0 Å². The number of hydrogen-bond donors (Lipinski definition) is 0. The van der Waals surface area contributed by atoms with Crippen LogP contribution >= 0.6 is 0 Å². The first-order valence-electron chi connectivity index (χ1n) is 5.23. The molecule has 0 amide bonds. The Kier molecular flexibility index (Phi) is 6.35. The van der Waals surface area contributed by atoms with Crippen LogP contribution in [0.5, 0.6) is 0 Å². The number of rotatable bonds is 6. The van der Waals surface area contributed by atoms with Gasteiger partial charge in [0.2, 0.25) is 0 Å². The molecule has 0 bridgehead atoms. The molecule has 0 spiro atoms. The average molecular weight is 187 g/mol. The predicted octanol–water partition coefficient (Wildman–Crippen LogP) is 2.39. The van der Waals surface area contributed by atoms with E-state index in [2.05, 4.69) is 39.5 Å². The van der Waals surface area contributed by atoms with Crippen LogP contribution in [0.2, 0.25) is 0 Å². The molecule has 0 aromatic heterocycles. The second-order valence-electron chi connectivity index (χ2n) is 4.44. The summed E-state index contributed by atoms with van der Waals surface area (Å²) in [5, 5.41) is 0. The molecule has 80 valence electrons. The maximum absolute atomic E-state index is 5.14. The summed E-state index contributed by atoms with van der Waals surface area (Å²) in [7, 11) is 1.77. The summed E-state index contributed by atoms with van der Waals surface area (Å²) in [5.41, 5.74) is 0. The van der Waals surface area contributed by atoms with E-state index in [1.54, 1.807) is 7.11 Å². The highest BCUT2D eigenvalue weighted by molar-refractivity contribution is 4.69. The molecule has 0 aromatic rings. The molecule has 0 saturated heterocycles. The van der Waals surface area contributed by atoms with Crippen LogP contribution in [0.3, 0.4) is 0 Å². The van der Waals surface area contributed by atoms with Crippen LogP contribution in [0.15, 0.2) is 0 Å². The van der Waals surface area contributed by atoms with E-state index in [0.717, 1.165) is 13.2 Å². The van der Waals surface area contributed by atoms with Crippen molar-refractivity contribution in [3.63, 3.8) is 0 Å². The van der Waals surface area contributed by atoms with Gasteiger partial charge in [-0.15, -0.1) is 0 Å². The highest BCUT2D eigenvalue weighted by Crippen LogP contribution is 2.09. The van der Waals surface area contributed by atoms with E-state index in [4.69, 9.17) is 4.74 Å². The smallest absolute Gasteiger partial charge is 0.0500 e. The van der Waals surface area contributed by atoms with Crippen LogP contribution in [-0.2, 0) is 4.74 Å². The van der Waals surface area contributed by atoms with Gasteiger partial charge < -0.3 is 4.74 Å². The summed E-state index contributed by atoms with van der Waals surface area (Å²) in [6.07, 6.45) is 0. The SMILES string of the molecule is COC[C@@H](C)CN(C(C)C)C(C)C. The van der Waals surface area contributed by atoms with Gasteiger partial charge in [0.25, 0.3) is 0 Å². The number of methoxy groups -OCH3 is 1. The van der Waals surface area contributed by atoms with E-state index in [1.807, 2.05) is 0 Å². The summed E-state index contributed by atoms with van der Waals surface area (Å²) in [5.74, 6) is 0.620. The third kappa shape index (κ3) is 5.27. The lowest BCUT2D eigenvalue weighted by atomic mass is 10.1. The molecule has 0 aromatic carbocycles. The fourth-order valence-electron chi connectivity index (χ4n) is 1.72. The molecule has 0 aliphatic carbocycles. The number of hydrogen-bond acceptors (Lipinski definition) is 2. The quantitative estimate of drug-likeness (QED) is 0.633. The molecule has 0 unspecified atom stereocenters. The molecule has 0 aliphatic rings. The zero-order valence-corrected chi connectivity index (χ0v) is 10.0. The molecule has 0 saturated carbocycles. The minimum absolute atomic E-state index is 0.620. The Hall–Kier alpha value is -0.0800. The van der Waals surface area contributed by atoms with Crippen molar-refractivity contribution in [1.82, 2.24) is 4.90 Å². The van der Waals surface area contributed by atoms with E-state index in [9.17, 15) is 0 Å². The highest BCUT2D eigenvalue weighted by Gasteiger charge is 2.15. The molecule has 0 N–H and O–H groups in total. The summed E-state index contributed by atoms with van der Waals surface area (Å²) in [6, 6.07) is 1.25. The van der Waals surface area contributed by atoms with Crippen LogP contribution in [-0.4, -0.2) is 37.2 Å². The Morgan fingerprint density at radius 1 is 1.00 bits per heavy atom. The lowest BCUT2D eigenvalue weighted by Gasteiger charge is -2.32. The third-order valence-electron chi connectivity index (χ3n) is 2.30. The van der Waals surface area contributed by atoms with Gasteiger partial charge in [-0.1, -0.05) is 6.92 Å². The van der Waals surface area contributed by atoms with Crippen molar-refractivity contribution >= 4 is 0 Å². The van der Waals surface area contributed by atoms with Gasteiger partial charge in [-0.3, -0.25) is 4.90 Å². The van der Waals surface area contributed by atoms with E-state index in [1.165, 1.54) is 0 Å². The summed E-state index contributed by atoms with van der Waals surface area (Å²) < 4.78 is 5.14. The second kappa shape index (κ2) is 6.39. The van der Waals surface area contributed by atoms with Gasteiger partial charge in [-0.25, -0.2) is 0 Å². The number of nitrogens with zero attached hydrogens (tertiary/aromatic N) is 1. The normalized spacial score (nSPS) is 14.5. The van der Waals surface area contributed by atoms with Crippen molar-refractivity contribution in [2.75, 3.05) is 20.3 Å². The van der Waals surface area contributed by atoms with Crippen molar-refractivity contribution in [2.45, 2.75) is 46.7 Å². The van der Waals surface area contributed by atoms with Gasteiger partial charge in [0.1, 0.15) is 0 Å². The minimum atomic E-state index is 0.620. The molecule has 0 radical (unpaired) electrons. The molecule has 2 nitrogen and oxygen atoms in total. The van der Waals surface area contributed by atoms with Crippen LogP contribution in [0, 0.1) is 5.92 Å². The summed E-state index contributed by atoms with van der Waals surface area (Å²) in [6.45, 7) is 13.2. The fourth-order valence-corrected chi connectivity index (χ4v) is 1.72. The van der Waals surface area contributed by atoms with Crippen LogP contribution in [0.25, 0.3) is 0 Å². The average Bonchev–Trinajstić information content (AvgIpc) is 1.99. The zero-order valence-electron chi connectivity index (χ0n) is 10.0. The molecule has 2 heteroatoms. The first-order valence-corrected chi connectivity index (χ1v) is 5.23. The minimum Gasteiger partial charge on any atom is -0.384 e. The Labute approximate surface area is 83.3 Å². The monoisotopic (exact) mass is 187 g/mol. The predicted molar refractivity (Wildman–Crippen MR) is 58.0 cm³/mol. The van der Waals surface area contributed by atoms with Gasteiger partial charge in [0.15, 0.2) is 0 Å². The molecule has 0 aliphatic heterocycles. The molecular weight excluding hydrogens is 162 g/mol. The van der Waals surface area contributed by atoms with Gasteiger partial charge in [-0.2, -0.15) is 0 Å². The first kappa shape index (κ1) is 12.9. The Bertz CT molecular complexity index is 115. The van der Waals surface area contributed by atoms with Crippen molar-refractivity contribution in [3.05, 3.63) is 0 Å². The molecule has 1 atom stereocenters. The maximum atomic E-state index is 5.14. The van der Waals surface area contributed by atoms with Gasteiger partial charge in [0.05, 0.1) is 0 Å². The second-order valence-corrected chi connectivity index (χ2v) is 4.44. The first-order chi connectivity index (χ1) is 5.99. The van der Waals surface area contributed by atoms with Gasteiger partial charge in [-0.05, 0) is 33.6 Å². The van der Waals surface area contributed by atoms with E-state index < -0.39 is 0 Å². The van der Waals surface area contributed by atoms with E-state index in [0.29, 0.717) is 18.0 Å². The van der Waals surface area contributed by atoms with E-state index >= 15 is 0 Å². The lowest BCUT2D eigenvalue weighted by molar-refractivity contribution is 0.0991. The van der Waals surface area contributed by atoms with Gasteiger partial charge in [0, 0.05) is 32.3 Å². The summed E-state index contributed by atoms with van der Waals surface area (Å²) >= 11 is 0. The molecule has 0 rings (SSSR count). The molecule has 0 fully saturated rings. The largest absolute Gasteiger partial charge is 0.384 e. The van der Waals surface area contributed by atoms with Crippen molar-refractivity contribution in [3.8, 4) is 0 Å². The van der Waals surface area contributed by atoms with Crippen molar-refractivity contribution < 1.29 is 4.74 Å². The summed E-state index contributed by atoms with van der Waals surface area (Å²) in [4.78, 5) is 2.50. The molecule has 0 heterocycles. The molecule has 13 heavy (non-hydrogen) atoms. The van der Waals surface area contributed by atoms with Crippen LogP contribution in [0.1, 0.15) is 34.6 Å². The molecular formula is C11H25NO. The van der Waals surface area contributed by atoms with Crippen LogP contribution < -0.4 is 0 Å².